The summed E-state index contributed by atoms with van der Waals surface area (Å²) in [6.07, 6.45) is 0. The Morgan fingerprint density at radius 3 is 1.35 bits per heavy atom. The van der Waals surface area contributed by atoms with Crippen molar-refractivity contribution in [1.82, 2.24) is 41.2 Å². The van der Waals surface area contributed by atoms with Crippen LogP contribution in [0.4, 0.5) is 0 Å². The minimum atomic E-state index is 0. The Labute approximate surface area is 111 Å². The molecule has 0 amide bonds. The van der Waals surface area contributed by atoms with Crippen LogP contribution in [-0.2, 0) is 0 Å². The third-order valence-electron chi connectivity index (χ3n) is 2.10. The Balaban J connectivity index is 0. The third kappa shape index (κ3) is 3.36. The molecule has 2 aromatic heterocycles. The van der Waals surface area contributed by atoms with Crippen LogP contribution in [0.1, 0.15) is 0 Å². The van der Waals surface area contributed by atoms with Crippen molar-refractivity contribution < 1.29 is 21.9 Å². The molecule has 3 rings (SSSR count). The summed E-state index contributed by atoms with van der Waals surface area (Å²) >= 11 is 0. The van der Waals surface area contributed by atoms with Crippen molar-refractivity contribution in [3.8, 4) is 22.8 Å². The van der Waals surface area contributed by atoms with Crippen LogP contribution in [0.25, 0.3) is 22.8 Å². The van der Waals surface area contributed by atoms with E-state index < -0.39 is 0 Å². The zero-order chi connectivity index (χ0) is 10.8. The first-order chi connectivity index (χ1) is 7.95. The molecule has 3 aromatic rings. The fourth-order valence-corrected chi connectivity index (χ4v) is 1.42. The molecule has 10 N–H and O–H groups in total. The van der Waals surface area contributed by atoms with Gasteiger partial charge in [0.25, 0.3) is 0 Å². The lowest BCUT2D eigenvalue weighted by Gasteiger charge is -2.00. The van der Waals surface area contributed by atoms with Gasteiger partial charge in [0.15, 0.2) is 0 Å². The fourth-order valence-electron chi connectivity index (χ4n) is 1.42. The standard InChI is InChI=1S/C8H6N8.4H2O/c1-2-4-6(8-11-15-16-12-8)5(3-1)7-9-13-14-10-7;;;;/h1-4H,(H,9,10,13,14)(H,11,12,15,16);4*1H2. The molecule has 0 aliphatic rings. The van der Waals surface area contributed by atoms with Gasteiger partial charge in [-0.25, -0.2) is 0 Å². The van der Waals surface area contributed by atoms with Gasteiger partial charge < -0.3 is 21.9 Å². The Kier molecular flexibility index (Phi) is 8.14. The zero-order valence-corrected chi connectivity index (χ0v) is 9.99. The molecule has 2 heterocycles. The van der Waals surface area contributed by atoms with Gasteiger partial charge in [-0.05, 0) is 10.4 Å². The molecular formula is C8H14N8O4. The van der Waals surface area contributed by atoms with E-state index in [4.69, 9.17) is 0 Å². The van der Waals surface area contributed by atoms with Crippen LogP contribution in [0.2, 0.25) is 0 Å². The molecule has 0 saturated carbocycles. The van der Waals surface area contributed by atoms with E-state index in [2.05, 4.69) is 41.2 Å². The van der Waals surface area contributed by atoms with Gasteiger partial charge >= 0.3 is 0 Å². The summed E-state index contributed by atoms with van der Waals surface area (Å²) in [5.74, 6) is 1.00. The molecule has 0 spiro atoms. The Morgan fingerprint density at radius 2 is 1.05 bits per heavy atom. The van der Waals surface area contributed by atoms with Crippen molar-refractivity contribution >= 4 is 0 Å². The van der Waals surface area contributed by atoms with E-state index in [0.717, 1.165) is 11.1 Å². The lowest BCUT2D eigenvalue weighted by molar-refractivity contribution is 0.823. The summed E-state index contributed by atoms with van der Waals surface area (Å²) in [5.41, 5.74) is 1.61. The normalized spacial score (nSPS) is 8.40. The Hall–Kier alpha value is -2.80. The zero-order valence-electron chi connectivity index (χ0n) is 9.99. The molecule has 0 radical (unpaired) electrons. The van der Waals surface area contributed by atoms with Crippen LogP contribution in [-0.4, -0.2) is 63.2 Å². The largest absolute Gasteiger partial charge is 0.412 e. The van der Waals surface area contributed by atoms with Crippen molar-refractivity contribution in [2.75, 3.05) is 0 Å². The molecule has 0 aliphatic heterocycles. The highest BCUT2D eigenvalue weighted by molar-refractivity contribution is 5.76. The van der Waals surface area contributed by atoms with Crippen molar-refractivity contribution in [2.24, 2.45) is 0 Å². The first-order valence-corrected chi connectivity index (χ1v) is 4.52. The second-order valence-corrected chi connectivity index (χ2v) is 3.02. The van der Waals surface area contributed by atoms with E-state index in [9.17, 15) is 0 Å². The fraction of sp³-hybridized carbons (Fsp3) is 0. The maximum atomic E-state index is 3.92. The molecule has 12 heteroatoms. The maximum Gasteiger partial charge on any atom is 0.205 e. The molecule has 20 heavy (non-hydrogen) atoms. The minimum absolute atomic E-state index is 0. The summed E-state index contributed by atoms with van der Waals surface area (Å²) in [5, 5.41) is 27.5. The van der Waals surface area contributed by atoms with Gasteiger partial charge in [-0.1, -0.05) is 24.3 Å². The molecule has 0 atom stereocenters. The number of nitrogens with zero attached hydrogens (tertiary/aromatic N) is 6. The molecule has 0 fully saturated rings. The second-order valence-electron chi connectivity index (χ2n) is 3.02. The van der Waals surface area contributed by atoms with Gasteiger partial charge in [0.05, 0.1) is 0 Å². The summed E-state index contributed by atoms with van der Waals surface area (Å²) in [4.78, 5) is 0. The second kappa shape index (κ2) is 8.33. The van der Waals surface area contributed by atoms with E-state index in [0.29, 0.717) is 11.6 Å². The highest BCUT2D eigenvalue weighted by Crippen LogP contribution is 2.25. The SMILES string of the molecule is O.O.O.O.c1ccc(-c2nn[nH]n2)c(-c2nn[nH]n2)c1. The number of hydrogen-bond donors (Lipinski definition) is 2. The summed E-state index contributed by atoms with van der Waals surface area (Å²) in [7, 11) is 0. The number of nitrogens with one attached hydrogen (secondary N) is 2. The van der Waals surface area contributed by atoms with Crippen LogP contribution >= 0.6 is 0 Å². The summed E-state index contributed by atoms with van der Waals surface area (Å²) < 4.78 is 0. The van der Waals surface area contributed by atoms with Crippen LogP contribution in [0.3, 0.4) is 0 Å². The van der Waals surface area contributed by atoms with Crippen LogP contribution in [0.5, 0.6) is 0 Å². The lowest BCUT2D eigenvalue weighted by atomic mass is 10.1. The molecule has 12 nitrogen and oxygen atoms in total. The number of rotatable bonds is 2. The number of aromatic amines is 2. The van der Waals surface area contributed by atoms with E-state index >= 15 is 0 Å². The molecule has 0 bridgehead atoms. The first kappa shape index (κ1) is 19.5. The number of tetrazole rings is 2. The maximum absolute atomic E-state index is 3.92. The Morgan fingerprint density at radius 1 is 0.650 bits per heavy atom. The average molecular weight is 286 g/mol. The van der Waals surface area contributed by atoms with Gasteiger partial charge in [-0.2, -0.15) is 10.4 Å². The number of hydrogen-bond acceptors (Lipinski definition) is 6. The Bertz CT molecular complexity index is 531. The number of H-pyrrole nitrogens is 2. The molecule has 1 aromatic carbocycles. The van der Waals surface area contributed by atoms with E-state index in [-0.39, 0.29) is 21.9 Å². The van der Waals surface area contributed by atoms with Crippen LogP contribution in [0.15, 0.2) is 24.3 Å². The predicted octanol–water partition coefficient (Wildman–Crippen LogP) is -3.25. The van der Waals surface area contributed by atoms with Gasteiger partial charge in [-0.15, -0.1) is 20.4 Å². The van der Waals surface area contributed by atoms with Gasteiger partial charge in [0.1, 0.15) is 0 Å². The summed E-state index contributed by atoms with van der Waals surface area (Å²) in [6.45, 7) is 0. The molecule has 0 aliphatic carbocycles. The highest BCUT2D eigenvalue weighted by atomic mass is 16.0. The molecule has 0 saturated heterocycles. The molecular weight excluding hydrogens is 272 g/mol. The van der Waals surface area contributed by atoms with Crippen molar-refractivity contribution in [1.29, 1.82) is 0 Å². The van der Waals surface area contributed by atoms with Crippen LogP contribution in [0, 0.1) is 0 Å². The van der Waals surface area contributed by atoms with E-state index in [1.807, 2.05) is 24.3 Å². The van der Waals surface area contributed by atoms with Gasteiger partial charge in [0, 0.05) is 11.1 Å². The summed E-state index contributed by atoms with van der Waals surface area (Å²) in [6, 6.07) is 7.51. The lowest BCUT2D eigenvalue weighted by Crippen LogP contribution is -1.88. The first-order valence-electron chi connectivity index (χ1n) is 4.52. The van der Waals surface area contributed by atoms with E-state index in [1.165, 1.54) is 0 Å². The third-order valence-corrected chi connectivity index (χ3v) is 2.10. The number of aromatic nitrogens is 8. The smallest absolute Gasteiger partial charge is 0.205 e. The van der Waals surface area contributed by atoms with Crippen LogP contribution < -0.4 is 0 Å². The average Bonchev–Trinajstić information content (AvgIpc) is 3.03. The predicted molar refractivity (Wildman–Crippen MR) is 67.2 cm³/mol. The van der Waals surface area contributed by atoms with E-state index in [1.54, 1.807) is 0 Å². The van der Waals surface area contributed by atoms with Crippen molar-refractivity contribution in [3.05, 3.63) is 24.3 Å². The highest BCUT2D eigenvalue weighted by Gasteiger charge is 2.12. The van der Waals surface area contributed by atoms with Crippen molar-refractivity contribution in [3.63, 3.8) is 0 Å². The van der Waals surface area contributed by atoms with Gasteiger partial charge in [-0.3, -0.25) is 0 Å². The quantitative estimate of drug-likeness (QED) is 0.489. The molecule has 0 unspecified atom stereocenters. The van der Waals surface area contributed by atoms with Crippen molar-refractivity contribution in [2.45, 2.75) is 0 Å². The number of benzene rings is 1. The molecule has 110 valence electrons. The monoisotopic (exact) mass is 286 g/mol. The van der Waals surface area contributed by atoms with Gasteiger partial charge in [0.2, 0.25) is 11.6 Å². The minimum Gasteiger partial charge on any atom is -0.412 e. The topological polar surface area (TPSA) is 235 Å².